The Bertz CT molecular complexity index is 652. The van der Waals surface area contributed by atoms with Gasteiger partial charge in [-0.15, -0.1) is 11.3 Å². The molecule has 0 unspecified atom stereocenters. The van der Waals surface area contributed by atoms with Crippen LogP contribution in [0.15, 0.2) is 24.5 Å². The predicted octanol–water partition coefficient (Wildman–Crippen LogP) is 2.04. The summed E-state index contributed by atoms with van der Waals surface area (Å²) in [5.74, 6) is 0.905. The third-order valence-corrected chi connectivity index (χ3v) is 4.52. The van der Waals surface area contributed by atoms with E-state index in [9.17, 15) is 0 Å². The zero-order chi connectivity index (χ0) is 14.7. The van der Waals surface area contributed by atoms with Crippen LogP contribution in [0.2, 0.25) is 0 Å². The van der Waals surface area contributed by atoms with Crippen molar-refractivity contribution in [3.05, 3.63) is 40.0 Å². The van der Waals surface area contributed by atoms with Gasteiger partial charge in [-0.25, -0.2) is 9.97 Å². The minimum Gasteiger partial charge on any atom is -0.354 e. The Morgan fingerprint density at radius 3 is 2.76 bits per heavy atom. The van der Waals surface area contributed by atoms with Crippen LogP contribution in [-0.2, 0) is 6.54 Å². The number of nitriles is 1. The van der Waals surface area contributed by atoms with Gasteiger partial charge in [0.2, 0.25) is 0 Å². The van der Waals surface area contributed by atoms with E-state index in [0.717, 1.165) is 43.5 Å². The number of hydrogen-bond donors (Lipinski definition) is 0. The number of anilines is 1. The Morgan fingerprint density at radius 2 is 2.10 bits per heavy atom. The van der Waals surface area contributed by atoms with Crippen molar-refractivity contribution < 1.29 is 0 Å². The second-order valence-corrected chi connectivity index (χ2v) is 6.44. The van der Waals surface area contributed by atoms with Gasteiger partial charge in [-0.2, -0.15) is 5.26 Å². The van der Waals surface area contributed by atoms with Gasteiger partial charge in [-0.3, -0.25) is 4.90 Å². The van der Waals surface area contributed by atoms with E-state index < -0.39 is 0 Å². The van der Waals surface area contributed by atoms with Gasteiger partial charge in [0.05, 0.1) is 16.6 Å². The molecule has 2 aromatic heterocycles. The summed E-state index contributed by atoms with van der Waals surface area (Å²) in [7, 11) is 0. The van der Waals surface area contributed by atoms with Crippen molar-refractivity contribution >= 4 is 17.2 Å². The van der Waals surface area contributed by atoms with E-state index in [2.05, 4.69) is 25.8 Å². The highest BCUT2D eigenvalue weighted by Crippen LogP contribution is 2.18. The number of hydrogen-bond acceptors (Lipinski definition) is 6. The van der Waals surface area contributed by atoms with Crippen LogP contribution in [0, 0.1) is 18.3 Å². The number of aryl methyl sites for hydroxylation is 1. The van der Waals surface area contributed by atoms with Gasteiger partial charge in [0.15, 0.2) is 0 Å². The molecule has 1 saturated heterocycles. The van der Waals surface area contributed by atoms with Gasteiger partial charge in [-0.05, 0) is 19.1 Å². The molecule has 0 N–H and O–H groups in total. The first-order valence-corrected chi connectivity index (χ1v) is 7.81. The maximum atomic E-state index is 8.96. The topological polar surface area (TPSA) is 56.1 Å². The van der Waals surface area contributed by atoms with Gasteiger partial charge >= 0.3 is 0 Å². The molecule has 0 atom stereocenters. The Balaban J connectivity index is 1.58. The largest absolute Gasteiger partial charge is 0.354 e. The number of rotatable bonds is 3. The minimum atomic E-state index is 0.669. The standard InChI is InChI=1S/C15H17N5S/c1-12-18-10-14(21-12)11-19-4-6-20(7-5-19)15-8-13(9-16)2-3-17-15/h2-3,8,10H,4-7,11H2,1H3. The maximum Gasteiger partial charge on any atom is 0.129 e. The number of nitrogens with zero attached hydrogens (tertiary/aromatic N) is 5. The molecular weight excluding hydrogens is 282 g/mol. The average molecular weight is 299 g/mol. The summed E-state index contributed by atoms with van der Waals surface area (Å²) in [6.07, 6.45) is 3.69. The molecule has 1 fully saturated rings. The van der Waals surface area contributed by atoms with Gasteiger partial charge in [0.25, 0.3) is 0 Å². The van der Waals surface area contributed by atoms with Crippen LogP contribution in [0.25, 0.3) is 0 Å². The second-order valence-electron chi connectivity index (χ2n) is 5.12. The van der Waals surface area contributed by atoms with Gasteiger partial charge in [0, 0.05) is 50.0 Å². The quantitative estimate of drug-likeness (QED) is 0.868. The van der Waals surface area contributed by atoms with Crippen LogP contribution in [0.3, 0.4) is 0 Å². The van der Waals surface area contributed by atoms with Crippen LogP contribution in [-0.4, -0.2) is 41.0 Å². The van der Waals surface area contributed by atoms with E-state index in [4.69, 9.17) is 5.26 Å². The zero-order valence-electron chi connectivity index (χ0n) is 12.0. The highest BCUT2D eigenvalue weighted by Gasteiger charge is 2.18. The number of thiazole rings is 1. The van der Waals surface area contributed by atoms with E-state index >= 15 is 0 Å². The molecule has 3 heterocycles. The van der Waals surface area contributed by atoms with E-state index in [1.165, 1.54) is 4.88 Å². The van der Waals surface area contributed by atoms with Crippen LogP contribution >= 0.6 is 11.3 Å². The molecular formula is C15H17N5S. The van der Waals surface area contributed by atoms with Crippen molar-refractivity contribution in [3.63, 3.8) is 0 Å². The molecule has 21 heavy (non-hydrogen) atoms. The lowest BCUT2D eigenvalue weighted by molar-refractivity contribution is 0.251. The van der Waals surface area contributed by atoms with Gasteiger partial charge < -0.3 is 4.90 Å². The first kappa shape index (κ1) is 14.0. The van der Waals surface area contributed by atoms with Crippen molar-refractivity contribution in [1.82, 2.24) is 14.9 Å². The summed E-state index contributed by atoms with van der Waals surface area (Å²) in [5, 5.41) is 10.1. The molecule has 0 amide bonds. The lowest BCUT2D eigenvalue weighted by atomic mass is 10.2. The average Bonchev–Trinajstić information content (AvgIpc) is 2.93. The summed E-state index contributed by atoms with van der Waals surface area (Å²) >= 11 is 1.77. The van der Waals surface area contributed by atoms with E-state index in [1.54, 1.807) is 23.6 Å². The molecule has 5 nitrogen and oxygen atoms in total. The van der Waals surface area contributed by atoms with Gasteiger partial charge in [-0.1, -0.05) is 0 Å². The third kappa shape index (κ3) is 3.38. The summed E-state index contributed by atoms with van der Waals surface area (Å²) in [5.41, 5.74) is 0.669. The molecule has 1 aliphatic heterocycles. The predicted molar refractivity (Wildman–Crippen MR) is 83.3 cm³/mol. The van der Waals surface area contributed by atoms with Crippen LogP contribution in [0.5, 0.6) is 0 Å². The molecule has 0 radical (unpaired) electrons. The monoisotopic (exact) mass is 299 g/mol. The van der Waals surface area contributed by atoms with E-state index in [1.807, 2.05) is 19.2 Å². The van der Waals surface area contributed by atoms with Crippen molar-refractivity contribution in [1.29, 1.82) is 5.26 Å². The number of piperazine rings is 1. The molecule has 0 bridgehead atoms. The molecule has 6 heteroatoms. The zero-order valence-corrected chi connectivity index (χ0v) is 12.8. The molecule has 3 rings (SSSR count). The van der Waals surface area contributed by atoms with E-state index in [0.29, 0.717) is 5.56 Å². The Hall–Kier alpha value is -1.97. The second kappa shape index (κ2) is 6.20. The highest BCUT2D eigenvalue weighted by atomic mass is 32.1. The molecule has 0 aliphatic carbocycles. The molecule has 108 valence electrons. The number of aromatic nitrogens is 2. The SMILES string of the molecule is Cc1ncc(CN2CCN(c3cc(C#N)ccn3)CC2)s1. The molecule has 0 saturated carbocycles. The molecule has 0 aromatic carbocycles. The summed E-state index contributed by atoms with van der Waals surface area (Å²) in [6.45, 7) is 6.93. The molecule has 1 aliphatic rings. The lowest BCUT2D eigenvalue weighted by Gasteiger charge is -2.35. The Kier molecular flexibility index (Phi) is 4.13. The number of pyridine rings is 1. The Labute approximate surface area is 128 Å². The normalized spacial score (nSPS) is 15.9. The van der Waals surface area contributed by atoms with Crippen LogP contribution in [0.4, 0.5) is 5.82 Å². The fraction of sp³-hybridized carbons (Fsp3) is 0.400. The molecule has 2 aromatic rings. The van der Waals surface area contributed by atoms with E-state index in [-0.39, 0.29) is 0 Å². The Morgan fingerprint density at radius 1 is 1.29 bits per heavy atom. The summed E-state index contributed by atoms with van der Waals surface area (Å²) < 4.78 is 0. The fourth-order valence-electron chi connectivity index (χ4n) is 2.49. The van der Waals surface area contributed by atoms with Gasteiger partial charge in [0.1, 0.15) is 5.82 Å². The molecule has 0 spiro atoms. The fourth-order valence-corrected chi connectivity index (χ4v) is 3.33. The summed E-state index contributed by atoms with van der Waals surface area (Å²) in [6, 6.07) is 5.77. The first-order chi connectivity index (χ1) is 10.2. The smallest absolute Gasteiger partial charge is 0.129 e. The van der Waals surface area contributed by atoms with Crippen molar-refractivity contribution in [2.24, 2.45) is 0 Å². The highest BCUT2D eigenvalue weighted by molar-refractivity contribution is 7.11. The van der Waals surface area contributed by atoms with Crippen LogP contribution in [0.1, 0.15) is 15.4 Å². The van der Waals surface area contributed by atoms with Crippen molar-refractivity contribution in [2.75, 3.05) is 31.1 Å². The summed E-state index contributed by atoms with van der Waals surface area (Å²) in [4.78, 5) is 14.7. The lowest BCUT2D eigenvalue weighted by Crippen LogP contribution is -2.46. The maximum absolute atomic E-state index is 8.96. The third-order valence-electron chi connectivity index (χ3n) is 3.62. The minimum absolute atomic E-state index is 0.669. The van der Waals surface area contributed by atoms with Crippen molar-refractivity contribution in [2.45, 2.75) is 13.5 Å². The first-order valence-electron chi connectivity index (χ1n) is 6.99. The van der Waals surface area contributed by atoms with Crippen LogP contribution < -0.4 is 4.90 Å². The van der Waals surface area contributed by atoms with Crippen molar-refractivity contribution in [3.8, 4) is 6.07 Å².